The molecule has 2 aromatic heterocycles. The standard InChI is InChI=1S/C7H6N2.C4H4O/c1-2-4-7-6(3-1)5-8-9-7;1-2-4-5-3-1/h1-5H,(H,8,9);1-4H. The lowest BCUT2D eigenvalue weighted by molar-refractivity contribution is 0.567. The van der Waals surface area contributed by atoms with Gasteiger partial charge in [0.25, 0.3) is 0 Å². The highest BCUT2D eigenvalue weighted by Gasteiger charge is 1.88. The molecular weight excluding hydrogens is 176 g/mol. The molecule has 0 aliphatic heterocycles. The molecule has 0 atom stereocenters. The van der Waals surface area contributed by atoms with Crippen LogP contribution in [0, 0.1) is 0 Å². The van der Waals surface area contributed by atoms with E-state index in [2.05, 4.69) is 14.6 Å². The smallest absolute Gasteiger partial charge is 0.0902 e. The highest BCUT2D eigenvalue weighted by Crippen LogP contribution is 2.06. The highest BCUT2D eigenvalue weighted by atomic mass is 16.3. The zero-order valence-corrected chi connectivity index (χ0v) is 7.55. The molecule has 0 aliphatic rings. The van der Waals surface area contributed by atoms with Crippen molar-refractivity contribution in [3.8, 4) is 0 Å². The van der Waals surface area contributed by atoms with Gasteiger partial charge < -0.3 is 4.42 Å². The predicted octanol–water partition coefficient (Wildman–Crippen LogP) is 2.84. The third kappa shape index (κ3) is 2.01. The van der Waals surface area contributed by atoms with Crippen LogP contribution < -0.4 is 0 Å². The molecule has 1 aromatic carbocycles. The molecule has 70 valence electrons. The minimum Gasteiger partial charge on any atom is -0.473 e. The minimum atomic E-state index is 1.09. The normalized spacial score (nSPS) is 9.43. The Labute approximate surface area is 81.4 Å². The van der Waals surface area contributed by atoms with E-state index in [1.54, 1.807) is 12.5 Å². The molecule has 0 spiro atoms. The maximum atomic E-state index is 4.58. The van der Waals surface area contributed by atoms with E-state index in [1.807, 2.05) is 42.6 Å². The maximum absolute atomic E-state index is 4.58. The highest BCUT2D eigenvalue weighted by molar-refractivity contribution is 5.77. The van der Waals surface area contributed by atoms with Crippen LogP contribution in [-0.4, -0.2) is 10.2 Å². The molecule has 0 radical (unpaired) electrons. The molecule has 0 amide bonds. The van der Waals surface area contributed by atoms with Gasteiger partial charge in [0.05, 0.1) is 24.2 Å². The van der Waals surface area contributed by atoms with Crippen LogP contribution in [0.15, 0.2) is 59.5 Å². The summed E-state index contributed by atoms with van der Waals surface area (Å²) in [6.07, 6.45) is 5.06. The topological polar surface area (TPSA) is 41.8 Å². The van der Waals surface area contributed by atoms with E-state index in [4.69, 9.17) is 0 Å². The van der Waals surface area contributed by atoms with E-state index >= 15 is 0 Å². The number of aromatic nitrogens is 2. The third-order valence-corrected chi connectivity index (χ3v) is 1.77. The number of nitrogens with one attached hydrogen (secondary N) is 1. The Balaban J connectivity index is 0.000000128. The number of hydrogen-bond acceptors (Lipinski definition) is 2. The fraction of sp³-hybridized carbons (Fsp3) is 0. The summed E-state index contributed by atoms with van der Waals surface area (Å²) in [5, 5.41) is 7.91. The number of hydrogen-bond donors (Lipinski definition) is 1. The summed E-state index contributed by atoms with van der Waals surface area (Å²) in [7, 11) is 0. The second-order valence-electron chi connectivity index (χ2n) is 2.75. The first kappa shape index (κ1) is 8.56. The molecule has 3 rings (SSSR count). The molecule has 3 heteroatoms. The van der Waals surface area contributed by atoms with Crippen LogP contribution in [0.25, 0.3) is 10.9 Å². The first-order valence-corrected chi connectivity index (χ1v) is 4.32. The van der Waals surface area contributed by atoms with Gasteiger partial charge in [-0.2, -0.15) is 5.10 Å². The zero-order chi connectivity index (χ0) is 9.64. The van der Waals surface area contributed by atoms with Crippen LogP contribution in [0.4, 0.5) is 0 Å². The van der Waals surface area contributed by atoms with Crippen LogP contribution >= 0.6 is 0 Å². The molecular formula is C11H10N2O. The van der Waals surface area contributed by atoms with Crippen molar-refractivity contribution < 1.29 is 4.42 Å². The summed E-state index contributed by atoms with van der Waals surface area (Å²) in [5.41, 5.74) is 1.09. The van der Waals surface area contributed by atoms with E-state index in [9.17, 15) is 0 Å². The van der Waals surface area contributed by atoms with Crippen molar-refractivity contribution in [2.45, 2.75) is 0 Å². The van der Waals surface area contributed by atoms with Gasteiger partial charge >= 0.3 is 0 Å². The predicted molar refractivity (Wildman–Crippen MR) is 54.8 cm³/mol. The molecule has 3 nitrogen and oxygen atoms in total. The lowest BCUT2D eigenvalue weighted by Gasteiger charge is -1.81. The zero-order valence-electron chi connectivity index (χ0n) is 7.55. The van der Waals surface area contributed by atoms with Gasteiger partial charge in [-0.25, -0.2) is 0 Å². The van der Waals surface area contributed by atoms with Crippen LogP contribution in [-0.2, 0) is 0 Å². The molecule has 0 unspecified atom stereocenters. The average molecular weight is 186 g/mol. The number of para-hydroxylation sites is 1. The molecule has 14 heavy (non-hydrogen) atoms. The molecule has 0 fully saturated rings. The SMILES string of the molecule is c1ccc2[nH]ncc2c1.c1ccoc1. The fourth-order valence-corrected chi connectivity index (χ4v) is 1.11. The lowest BCUT2D eigenvalue weighted by Crippen LogP contribution is -1.63. The molecule has 0 aliphatic carbocycles. The Hall–Kier alpha value is -2.03. The van der Waals surface area contributed by atoms with Gasteiger partial charge in [0, 0.05) is 5.39 Å². The number of H-pyrrole nitrogens is 1. The molecule has 0 saturated heterocycles. The van der Waals surface area contributed by atoms with Gasteiger partial charge in [0.1, 0.15) is 0 Å². The van der Waals surface area contributed by atoms with Gasteiger partial charge in [0.2, 0.25) is 0 Å². The molecule has 0 saturated carbocycles. The number of nitrogens with zero attached hydrogens (tertiary/aromatic N) is 1. The second-order valence-corrected chi connectivity index (χ2v) is 2.75. The van der Waals surface area contributed by atoms with Crippen LogP contribution in [0.2, 0.25) is 0 Å². The van der Waals surface area contributed by atoms with Gasteiger partial charge in [-0.1, -0.05) is 18.2 Å². The summed E-state index contributed by atoms with van der Waals surface area (Å²) in [6.45, 7) is 0. The summed E-state index contributed by atoms with van der Waals surface area (Å²) in [6, 6.07) is 11.7. The van der Waals surface area contributed by atoms with Crippen molar-refractivity contribution in [2.75, 3.05) is 0 Å². The Morgan fingerprint density at radius 2 is 1.79 bits per heavy atom. The van der Waals surface area contributed by atoms with Crippen molar-refractivity contribution in [3.05, 3.63) is 55.1 Å². The Morgan fingerprint density at radius 1 is 1.00 bits per heavy atom. The summed E-state index contributed by atoms with van der Waals surface area (Å²) in [4.78, 5) is 0. The second kappa shape index (κ2) is 4.28. The largest absolute Gasteiger partial charge is 0.473 e. The summed E-state index contributed by atoms with van der Waals surface area (Å²) in [5.74, 6) is 0. The van der Waals surface area contributed by atoms with Gasteiger partial charge in [0.15, 0.2) is 0 Å². The van der Waals surface area contributed by atoms with E-state index < -0.39 is 0 Å². The third-order valence-electron chi connectivity index (χ3n) is 1.77. The monoisotopic (exact) mass is 186 g/mol. The summed E-state index contributed by atoms with van der Waals surface area (Å²) < 4.78 is 4.58. The fourth-order valence-electron chi connectivity index (χ4n) is 1.11. The molecule has 1 N–H and O–H groups in total. The Morgan fingerprint density at radius 3 is 2.43 bits per heavy atom. The number of fused-ring (bicyclic) bond motifs is 1. The number of aromatic amines is 1. The van der Waals surface area contributed by atoms with E-state index in [0.717, 1.165) is 10.9 Å². The molecule has 0 bridgehead atoms. The van der Waals surface area contributed by atoms with Crippen LogP contribution in [0.3, 0.4) is 0 Å². The van der Waals surface area contributed by atoms with Crippen LogP contribution in [0.5, 0.6) is 0 Å². The van der Waals surface area contributed by atoms with Crippen molar-refractivity contribution in [2.24, 2.45) is 0 Å². The first-order valence-electron chi connectivity index (χ1n) is 4.32. The van der Waals surface area contributed by atoms with E-state index in [1.165, 1.54) is 0 Å². The van der Waals surface area contributed by atoms with Crippen LogP contribution in [0.1, 0.15) is 0 Å². The lowest BCUT2D eigenvalue weighted by atomic mass is 10.3. The minimum absolute atomic E-state index is 1.09. The van der Waals surface area contributed by atoms with Crippen molar-refractivity contribution in [3.63, 3.8) is 0 Å². The van der Waals surface area contributed by atoms with Gasteiger partial charge in [-0.3, -0.25) is 5.10 Å². The first-order chi connectivity index (χ1) is 6.97. The molecule has 2 heterocycles. The number of benzene rings is 1. The van der Waals surface area contributed by atoms with Gasteiger partial charge in [-0.05, 0) is 18.2 Å². The molecule has 3 aromatic rings. The summed E-state index contributed by atoms with van der Waals surface area (Å²) >= 11 is 0. The number of rotatable bonds is 0. The Kier molecular flexibility index (Phi) is 2.62. The maximum Gasteiger partial charge on any atom is 0.0902 e. The quantitative estimate of drug-likeness (QED) is 0.586. The Bertz CT molecular complexity index is 423. The van der Waals surface area contributed by atoms with Gasteiger partial charge in [-0.15, -0.1) is 0 Å². The average Bonchev–Trinajstić information content (AvgIpc) is 2.92. The van der Waals surface area contributed by atoms with E-state index in [-0.39, 0.29) is 0 Å². The number of furan rings is 1. The van der Waals surface area contributed by atoms with Crippen molar-refractivity contribution >= 4 is 10.9 Å². The van der Waals surface area contributed by atoms with E-state index in [0.29, 0.717) is 0 Å². The van der Waals surface area contributed by atoms with Crippen molar-refractivity contribution in [1.82, 2.24) is 10.2 Å². The van der Waals surface area contributed by atoms with Crippen molar-refractivity contribution in [1.29, 1.82) is 0 Å².